The Balaban J connectivity index is 1.26. The molecule has 0 atom stereocenters. The molecule has 164 valence electrons. The number of pyridine rings is 2. The quantitative estimate of drug-likeness (QED) is 0.549. The maximum Gasteiger partial charge on any atom is 0.258 e. The van der Waals surface area contributed by atoms with Crippen molar-refractivity contribution in [2.45, 2.75) is 51.3 Å². The van der Waals surface area contributed by atoms with E-state index in [9.17, 15) is 4.79 Å². The van der Waals surface area contributed by atoms with E-state index in [1.54, 1.807) is 23.0 Å². The first-order valence-electron chi connectivity index (χ1n) is 11.2. The number of hydrogen-bond donors (Lipinski definition) is 1. The number of hydrogen-bond acceptors (Lipinski definition) is 4. The highest BCUT2D eigenvalue weighted by Gasteiger charge is 2.17. The lowest BCUT2D eigenvalue weighted by molar-refractivity contribution is 0.300. The second kappa shape index (κ2) is 9.31. The van der Waals surface area contributed by atoms with Crippen LogP contribution in [0.5, 0.6) is 5.75 Å². The van der Waals surface area contributed by atoms with Crippen molar-refractivity contribution in [2.24, 2.45) is 0 Å². The van der Waals surface area contributed by atoms with Crippen LogP contribution in [0.3, 0.4) is 0 Å². The Bertz CT molecular complexity index is 1200. The molecule has 5 nitrogen and oxygen atoms in total. The van der Waals surface area contributed by atoms with Crippen LogP contribution in [0.1, 0.15) is 48.1 Å². The molecule has 1 fully saturated rings. The molecule has 2 aromatic heterocycles. The second-order valence-electron chi connectivity index (χ2n) is 8.50. The largest absolute Gasteiger partial charge is 0.487 e. The number of allylic oxidation sites excluding steroid dienone is 1. The summed E-state index contributed by atoms with van der Waals surface area (Å²) in [5.74, 6) is 0.531. The van der Waals surface area contributed by atoms with E-state index in [4.69, 9.17) is 16.3 Å². The highest BCUT2D eigenvalue weighted by Crippen LogP contribution is 2.27. The molecule has 3 aromatic rings. The Hall–Kier alpha value is -2.89. The molecule has 2 aliphatic carbocycles. The summed E-state index contributed by atoms with van der Waals surface area (Å²) in [4.78, 5) is 17.0. The van der Waals surface area contributed by atoms with Gasteiger partial charge in [0.1, 0.15) is 12.4 Å². The molecular formula is C26H26ClN3O2. The Kier molecular flexibility index (Phi) is 6.10. The number of ether oxygens (including phenoxy) is 1. The summed E-state index contributed by atoms with van der Waals surface area (Å²) in [6.45, 7) is 1.22. The summed E-state index contributed by atoms with van der Waals surface area (Å²) < 4.78 is 7.44. The van der Waals surface area contributed by atoms with Gasteiger partial charge in [0.2, 0.25) is 0 Å². The molecule has 0 bridgehead atoms. The van der Waals surface area contributed by atoms with Gasteiger partial charge >= 0.3 is 0 Å². The number of nitrogens with zero attached hydrogens (tertiary/aromatic N) is 2. The van der Waals surface area contributed by atoms with E-state index >= 15 is 0 Å². The third-order valence-electron chi connectivity index (χ3n) is 6.26. The zero-order valence-corrected chi connectivity index (χ0v) is 18.6. The van der Waals surface area contributed by atoms with Gasteiger partial charge in [-0.05, 0) is 66.6 Å². The van der Waals surface area contributed by atoms with Gasteiger partial charge in [0.15, 0.2) is 0 Å². The SMILES string of the molecule is O=c1cc(OCc2ccc(Cl)cn2)ccn1C1=Cc2ccc(CNC3CCC3)cc2CC1. The average molecular weight is 448 g/mol. The van der Waals surface area contributed by atoms with Gasteiger partial charge in [-0.15, -0.1) is 0 Å². The number of nitrogens with one attached hydrogen (secondary N) is 1. The highest BCUT2D eigenvalue weighted by atomic mass is 35.5. The second-order valence-corrected chi connectivity index (χ2v) is 8.94. The summed E-state index contributed by atoms with van der Waals surface area (Å²) in [5.41, 5.74) is 5.55. The number of aromatic nitrogens is 2. The van der Waals surface area contributed by atoms with E-state index in [1.165, 1.54) is 42.0 Å². The average Bonchev–Trinajstić information content (AvgIpc) is 2.77. The Labute approximate surface area is 192 Å². The van der Waals surface area contributed by atoms with Crippen molar-refractivity contribution in [3.05, 3.63) is 92.6 Å². The molecule has 0 saturated heterocycles. The molecule has 2 heterocycles. The molecule has 5 rings (SSSR count). The van der Waals surface area contributed by atoms with Crippen LogP contribution in [0.4, 0.5) is 0 Å². The Morgan fingerprint density at radius 3 is 2.78 bits per heavy atom. The number of rotatable bonds is 7. The van der Waals surface area contributed by atoms with Crippen molar-refractivity contribution in [1.29, 1.82) is 0 Å². The fraction of sp³-hybridized carbons (Fsp3) is 0.308. The summed E-state index contributed by atoms with van der Waals surface area (Å²) in [6, 6.07) is 14.3. The zero-order chi connectivity index (χ0) is 21.9. The van der Waals surface area contributed by atoms with Crippen LogP contribution in [-0.2, 0) is 19.6 Å². The van der Waals surface area contributed by atoms with Crippen LogP contribution in [0.15, 0.2) is 59.7 Å². The number of aryl methyl sites for hydroxylation is 1. The summed E-state index contributed by atoms with van der Waals surface area (Å²) in [6.07, 6.45) is 11.2. The topological polar surface area (TPSA) is 56.1 Å². The molecule has 1 N–H and O–H groups in total. The number of fused-ring (bicyclic) bond motifs is 1. The minimum Gasteiger partial charge on any atom is -0.487 e. The van der Waals surface area contributed by atoms with Crippen molar-refractivity contribution in [1.82, 2.24) is 14.9 Å². The van der Waals surface area contributed by atoms with E-state index in [0.717, 1.165) is 30.8 Å². The lowest BCUT2D eigenvalue weighted by Crippen LogP contribution is -2.34. The van der Waals surface area contributed by atoms with Crippen molar-refractivity contribution >= 4 is 23.4 Å². The van der Waals surface area contributed by atoms with Gasteiger partial charge in [0, 0.05) is 36.7 Å². The maximum absolute atomic E-state index is 12.7. The predicted octanol–water partition coefficient (Wildman–Crippen LogP) is 5.06. The lowest BCUT2D eigenvalue weighted by Gasteiger charge is -2.27. The van der Waals surface area contributed by atoms with Gasteiger partial charge in [-0.2, -0.15) is 0 Å². The van der Waals surface area contributed by atoms with Crippen LogP contribution >= 0.6 is 11.6 Å². The highest BCUT2D eigenvalue weighted by molar-refractivity contribution is 6.30. The van der Waals surface area contributed by atoms with Crippen LogP contribution in [0, 0.1) is 0 Å². The fourth-order valence-electron chi connectivity index (χ4n) is 4.14. The first-order chi connectivity index (χ1) is 15.6. The standard InChI is InChI=1S/C26H26ClN3O2/c27-21-7-8-23(29-16-21)17-32-25-10-11-30(26(31)14-25)24-9-6-19-12-18(4-5-20(19)13-24)15-28-22-2-1-3-22/h4-5,7-8,10-14,16,22,28H,1-3,6,9,15,17H2. The molecule has 0 amide bonds. The van der Waals surface area contributed by atoms with E-state index in [1.807, 2.05) is 12.1 Å². The molecule has 32 heavy (non-hydrogen) atoms. The molecule has 2 aliphatic rings. The lowest BCUT2D eigenvalue weighted by atomic mass is 9.91. The third kappa shape index (κ3) is 4.79. The minimum absolute atomic E-state index is 0.0948. The molecule has 0 spiro atoms. The number of benzene rings is 1. The van der Waals surface area contributed by atoms with Gasteiger partial charge in [-0.1, -0.05) is 36.2 Å². The van der Waals surface area contributed by atoms with Crippen LogP contribution in [0.25, 0.3) is 11.8 Å². The molecule has 6 heteroatoms. The fourth-order valence-corrected chi connectivity index (χ4v) is 4.25. The molecule has 1 aromatic carbocycles. The van der Waals surface area contributed by atoms with Gasteiger partial charge in [0.25, 0.3) is 5.56 Å². The van der Waals surface area contributed by atoms with Crippen molar-refractivity contribution in [3.63, 3.8) is 0 Å². The minimum atomic E-state index is -0.0948. The molecule has 0 aliphatic heterocycles. The van der Waals surface area contributed by atoms with E-state index in [0.29, 0.717) is 16.8 Å². The van der Waals surface area contributed by atoms with Gasteiger partial charge < -0.3 is 10.1 Å². The van der Waals surface area contributed by atoms with Crippen LogP contribution in [-0.4, -0.2) is 15.6 Å². The first kappa shape index (κ1) is 21.0. The monoisotopic (exact) mass is 447 g/mol. The number of halogens is 1. The first-order valence-corrected chi connectivity index (χ1v) is 11.5. The van der Waals surface area contributed by atoms with Crippen molar-refractivity contribution in [3.8, 4) is 5.75 Å². The van der Waals surface area contributed by atoms with E-state index < -0.39 is 0 Å². The molecule has 0 radical (unpaired) electrons. The smallest absolute Gasteiger partial charge is 0.258 e. The summed E-state index contributed by atoms with van der Waals surface area (Å²) in [5, 5.41) is 4.21. The summed E-state index contributed by atoms with van der Waals surface area (Å²) >= 11 is 5.86. The normalized spacial score (nSPS) is 15.6. The molecule has 0 unspecified atom stereocenters. The third-order valence-corrected chi connectivity index (χ3v) is 6.48. The van der Waals surface area contributed by atoms with Crippen molar-refractivity contribution in [2.75, 3.05) is 0 Å². The Morgan fingerprint density at radius 2 is 2.03 bits per heavy atom. The van der Waals surface area contributed by atoms with Crippen LogP contribution < -0.4 is 15.6 Å². The van der Waals surface area contributed by atoms with Crippen molar-refractivity contribution < 1.29 is 4.74 Å². The van der Waals surface area contributed by atoms with Crippen LogP contribution in [0.2, 0.25) is 5.02 Å². The van der Waals surface area contributed by atoms with Gasteiger partial charge in [-0.25, -0.2) is 0 Å². The summed E-state index contributed by atoms with van der Waals surface area (Å²) in [7, 11) is 0. The van der Waals surface area contributed by atoms with Gasteiger partial charge in [-0.3, -0.25) is 14.3 Å². The van der Waals surface area contributed by atoms with E-state index in [-0.39, 0.29) is 12.2 Å². The Morgan fingerprint density at radius 1 is 1.12 bits per heavy atom. The zero-order valence-electron chi connectivity index (χ0n) is 17.9. The molecule has 1 saturated carbocycles. The maximum atomic E-state index is 12.7. The molecular weight excluding hydrogens is 422 g/mol. The van der Waals surface area contributed by atoms with Gasteiger partial charge in [0.05, 0.1) is 10.7 Å². The predicted molar refractivity (Wildman–Crippen MR) is 128 cm³/mol. The van der Waals surface area contributed by atoms with E-state index in [2.05, 4.69) is 34.6 Å².